The number of aryl methyl sites for hydroxylation is 3. The molecule has 126 valence electrons. The van der Waals surface area contributed by atoms with Crippen molar-refractivity contribution in [3.63, 3.8) is 0 Å². The van der Waals surface area contributed by atoms with E-state index < -0.39 is 6.85 Å². The van der Waals surface area contributed by atoms with Gasteiger partial charge >= 0.3 is 0 Å². The van der Waals surface area contributed by atoms with Gasteiger partial charge in [-0.3, -0.25) is 0 Å². The monoisotopic (exact) mass is 357 g/mol. The van der Waals surface area contributed by atoms with Crippen LogP contribution < -0.4 is 4.57 Å². The average molecular weight is 358 g/mol. The Morgan fingerprint density at radius 3 is 2.65 bits per heavy atom. The van der Waals surface area contributed by atoms with Crippen LogP contribution in [0.5, 0.6) is 0 Å². The van der Waals surface area contributed by atoms with Gasteiger partial charge in [-0.25, -0.2) is 0 Å². The van der Waals surface area contributed by atoms with Crippen molar-refractivity contribution in [3.05, 3.63) is 78.0 Å². The summed E-state index contributed by atoms with van der Waals surface area (Å²) < 4.78 is 27.8. The molecule has 0 aliphatic carbocycles. The Labute approximate surface area is 161 Å². The van der Waals surface area contributed by atoms with E-state index in [2.05, 4.69) is 67.2 Å². The van der Waals surface area contributed by atoms with Crippen molar-refractivity contribution in [2.24, 2.45) is 7.05 Å². The van der Waals surface area contributed by atoms with Gasteiger partial charge in [0.2, 0.25) is 5.69 Å². The normalized spacial score (nSPS) is 13.8. The molecule has 2 heterocycles. The number of hydrogen-bond donors (Lipinski definition) is 0. The zero-order valence-electron chi connectivity index (χ0n) is 17.7. The molecule has 0 amide bonds. The first-order valence-corrected chi connectivity index (χ1v) is 9.50. The first kappa shape index (κ1) is 12.6. The lowest BCUT2D eigenvalue weighted by atomic mass is 10.0. The summed E-state index contributed by atoms with van der Waals surface area (Å²) in [5.41, 5.74) is 4.09. The second-order valence-corrected chi connectivity index (χ2v) is 7.90. The number of rotatable bonds is 1. The lowest BCUT2D eigenvalue weighted by Gasteiger charge is -2.05. The van der Waals surface area contributed by atoms with Gasteiger partial charge in [0.25, 0.3) is 0 Å². The molecule has 0 fully saturated rings. The predicted octanol–water partition coefficient (Wildman–Crippen LogP) is 6.32. The van der Waals surface area contributed by atoms with Crippen molar-refractivity contribution in [1.82, 2.24) is 0 Å². The maximum Gasteiger partial charge on any atom is 0.230 e. The molecule has 0 aliphatic rings. The lowest BCUT2D eigenvalue weighted by molar-refractivity contribution is -0.659. The predicted molar refractivity (Wildman–Crippen MR) is 113 cm³/mol. The summed E-state index contributed by atoms with van der Waals surface area (Å²) in [5.74, 6) is 0. The van der Waals surface area contributed by atoms with Gasteiger partial charge in [0.15, 0.2) is 6.20 Å². The largest absolute Gasteiger partial charge is 0.230 e. The Morgan fingerprint density at radius 2 is 1.81 bits per heavy atom. The molecular formula is C24H20NS+. The van der Waals surface area contributed by atoms with Gasteiger partial charge in [0, 0.05) is 25.7 Å². The number of fused-ring (bicyclic) bond motifs is 4. The first-order chi connectivity index (χ1) is 13.8. The molecule has 0 atom stereocenters. The molecule has 5 aromatic rings. The van der Waals surface area contributed by atoms with Crippen molar-refractivity contribution in [2.45, 2.75) is 13.8 Å². The SMILES string of the molecule is [2H]C([2H])([2H])c1ccc2cc3sc4c(-c5ccccc5C)[n+](C)ccc4c3cc2c1. The van der Waals surface area contributed by atoms with E-state index in [9.17, 15) is 0 Å². The number of nitrogens with zero attached hydrogens (tertiary/aromatic N) is 1. The molecule has 0 spiro atoms. The third-order valence-electron chi connectivity index (χ3n) is 5.12. The summed E-state index contributed by atoms with van der Waals surface area (Å²) in [6.07, 6.45) is 2.11. The fraction of sp³-hybridized carbons (Fsp3) is 0.125. The minimum absolute atomic E-state index is 0.385. The zero-order valence-corrected chi connectivity index (χ0v) is 15.5. The highest BCUT2D eigenvalue weighted by Crippen LogP contribution is 2.40. The van der Waals surface area contributed by atoms with Gasteiger partial charge in [-0.1, -0.05) is 42.0 Å². The van der Waals surface area contributed by atoms with Crippen LogP contribution in [0.1, 0.15) is 15.2 Å². The van der Waals surface area contributed by atoms with Crippen LogP contribution in [0, 0.1) is 13.8 Å². The molecular weight excluding hydrogens is 334 g/mol. The summed E-state index contributed by atoms with van der Waals surface area (Å²) in [6, 6.07) is 20.4. The smallest absolute Gasteiger partial charge is 0.200 e. The van der Waals surface area contributed by atoms with Gasteiger partial charge in [-0.2, -0.15) is 4.57 Å². The summed E-state index contributed by atoms with van der Waals surface area (Å²) in [4.78, 5) is 0. The van der Waals surface area contributed by atoms with Crippen molar-refractivity contribution in [2.75, 3.05) is 0 Å². The molecule has 0 radical (unpaired) electrons. The number of pyridine rings is 1. The molecule has 5 rings (SSSR count). The van der Waals surface area contributed by atoms with Gasteiger partial charge in [-0.15, -0.1) is 11.3 Å². The van der Waals surface area contributed by atoms with Crippen LogP contribution >= 0.6 is 11.3 Å². The fourth-order valence-electron chi connectivity index (χ4n) is 3.77. The lowest BCUT2D eigenvalue weighted by Crippen LogP contribution is -2.30. The Bertz CT molecular complexity index is 1410. The van der Waals surface area contributed by atoms with Crippen LogP contribution in [0.2, 0.25) is 0 Å². The maximum atomic E-state index is 7.71. The highest BCUT2D eigenvalue weighted by atomic mass is 32.1. The molecule has 0 saturated carbocycles. The number of thiophene rings is 1. The molecule has 0 aliphatic heterocycles. The fourth-order valence-corrected chi connectivity index (χ4v) is 5.10. The topological polar surface area (TPSA) is 3.88 Å². The second kappa shape index (κ2) is 5.65. The Balaban J connectivity index is 1.85. The summed E-state index contributed by atoms with van der Waals surface area (Å²) in [5, 5.41) is 4.42. The van der Waals surface area contributed by atoms with Gasteiger partial charge in [-0.05, 0) is 48.3 Å². The van der Waals surface area contributed by atoms with Crippen molar-refractivity contribution < 1.29 is 8.68 Å². The second-order valence-electron chi connectivity index (χ2n) is 6.85. The maximum absolute atomic E-state index is 7.71. The van der Waals surface area contributed by atoms with Crippen molar-refractivity contribution in [3.8, 4) is 11.3 Å². The van der Waals surface area contributed by atoms with Crippen LogP contribution in [0.3, 0.4) is 0 Å². The number of hydrogen-bond acceptors (Lipinski definition) is 1. The van der Waals surface area contributed by atoms with Crippen molar-refractivity contribution >= 4 is 42.3 Å². The van der Waals surface area contributed by atoms with E-state index in [0.29, 0.717) is 5.56 Å². The molecule has 3 aromatic carbocycles. The highest BCUT2D eigenvalue weighted by molar-refractivity contribution is 7.26. The van der Waals surface area contributed by atoms with E-state index in [4.69, 9.17) is 4.11 Å². The third-order valence-corrected chi connectivity index (χ3v) is 6.29. The van der Waals surface area contributed by atoms with E-state index in [-0.39, 0.29) is 0 Å². The van der Waals surface area contributed by atoms with E-state index >= 15 is 0 Å². The Kier molecular flexibility index (Phi) is 2.74. The molecule has 0 N–H and O–H groups in total. The first-order valence-electron chi connectivity index (χ1n) is 10.2. The van der Waals surface area contributed by atoms with Gasteiger partial charge in [0.1, 0.15) is 11.7 Å². The number of benzene rings is 3. The third kappa shape index (κ3) is 2.26. The Hall–Kier alpha value is -2.71. The molecule has 2 aromatic heterocycles. The molecule has 26 heavy (non-hydrogen) atoms. The summed E-state index contributed by atoms with van der Waals surface area (Å²) >= 11 is 1.80. The molecule has 0 saturated heterocycles. The van der Waals surface area contributed by atoms with Crippen molar-refractivity contribution in [1.29, 1.82) is 0 Å². The standard InChI is InChI=1S/C24H20NS/c1-15-8-9-17-14-22-21(13-18(17)12-15)20-10-11-25(3)23(24(20)26-22)19-7-5-4-6-16(19)2/h4-14H,1-3H3/q+1/i1D3. The van der Waals surface area contributed by atoms with Crippen LogP contribution in [0.4, 0.5) is 0 Å². The molecule has 2 heteroatoms. The quantitative estimate of drug-likeness (QED) is 0.309. The number of aromatic nitrogens is 1. The van der Waals surface area contributed by atoms with E-state index in [1.807, 2.05) is 6.07 Å². The average Bonchev–Trinajstić information content (AvgIpc) is 3.03. The molecule has 0 bridgehead atoms. The molecule has 1 nitrogen and oxygen atoms in total. The summed E-state index contributed by atoms with van der Waals surface area (Å²) in [6.45, 7) is 0.0533. The summed E-state index contributed by atoms with van der Waals surface area (Å²) in [7, 11) is 2.09. The minimum atomic E-state index is -2.09. The van der Waals surface area contributed by atoms with Gasteiger partial charge < -0.3 is 0 Å². The molecule has 0 unspecified atom stereocenters. The zero-order chi connectivity index (χ0) is 20.3. The van der Waals surface area contributed by atoms with Crippen LogP contribution in [0.15, 0.2) is 66.9 Å². The highest BCUT2D eigenvalue weighted by Gasteiger charge is 2.20. The van der Waals surface area contributed by atoms with Crippen LogP contribution in [-0.2, 0) is 7.05 Å². The van der Waals surface area contributed by atoms with Gasteiger partial charge in [0.05, 0.1) is 5.56 Å². The minimum Gasteiger partial charge on any atom is -0.200 e. The van der Waals surface area contributed by atoms with E-state index in [0.717, 1.165) is 10.8 Å². The van der Waals surface area contributed by atoms with E-state index in [1.165, 1.54) is 37.0 Å². The van der Waals surface area contributed by atoms with E-state index in [1.54, 1.807) is 23.5 Å². The van der Waals surface area contributed by atoms with Crippen LogP contribution in [0.25, 0.3) is 42.2 Å². The Morgan fingerprint density at radius 1 is 0.923 bits per heavy atom. The van der Waals surface area contributed by atoms with Crippen LogP contribution in [-0.4, -0.2) is 0 Å².